The van der Waals surface area contributed by atoms with E-state index in [-0.39, 0.29) is 0 Å². The first-order valence-electron chi connectivity index (χ1n) is 3.76. The third kappa shape index (κ3) is 2.55. The van der Waals surface area contributed by atoms with Gasteiger partial charge in [0.05, 0.1) is 0 Å². The SMILES string of the molecule is [CH2]C(C)Cc1ccccc1Cl. The van der Waals surface area contributed by atoms with Crippen LogP contribution in [0.5, 0.6) is 0 Å². The average Bonchev–Trinajstić information content (AvgIpc) is 1.93. The van der Waals surface area contributed by atoms with Crippen LogP contribution in [0.1, 0.15) is 12.5 Å². The minimum Gasteiger partial charge on any atom is -0.0840 e. The van der Waals surface area contributed by atoms with E-state index >= 15 is 0 Å². The van der Waals surface area contributed by atoms with Crippen molar-refractivity contribution in [2.45, 2.75) is 13.3 Å². The van der Waals surface area contributed by atoms with Crippen molar-refractivity contribution >= 4 is 11.6 Å². The zero-order valence-electron chi connectivity index (χ0n) is 6.68. The second-order valence-electron chi connectivity index (χ2n) is 2.90. The third-order valence-electron chi connectivity index (χ3n) is 1.53. The van der Waals surface area contributed by atoms with E-state index in [9.17, 15) is 0 Å². The zero-order chi connectivity index (χ0) is 8.27. The summed E-state index contributed by atoms with van der Waals surface area (Å²) >= 11 is 5.94. The summed E-state index contributed by atoms with van der Waals surface area (Å²) < 4.78 is 0. The molecule has 1 aromatic carbocycles. The maximum Gasteiger partial charge on any atom is 0.0438 e. The van der Waals surface area contributed by atoms with Crippen LogP contribution in [0.2, 0.25) is 5.02 Å². The van der Waals surface area contributed by atoms with Gasteiger partial charge in [-0.1, -0.05) is 43.6 Å². The van der Waals surface area contributed by atoms with E-state index in [1.54, 1.807) is 0 Å². The van der Waals surface area contributed by atoms with E-state index in [0.29, 0.717) is 5.92 Å². The first-order chi connectivity index (χ1) is 5.20. The third-order valence-corrected chi connectivity index (χ3v) is 1.89. The monoisotopic (exact) mass is 167 g/mol. The van der Waals surface area contributed by atoms with Crippen LogP contribution in [-0.4, -0.2) is 0 Å². The Morgan fingerprint density at radius 2 is 2.09 bits per heavy atom. The van der Waals surface area contributed by atoms with Crippen molar-refractivity contribution in [2.24, 2.45) is 5.92 Å². The first-order valence-corrected chi connectivity index (χ1v) is 4.14. The molecule has 0 amide bonds. The molecule has 11 heavy (non-hydrogen) atoms. The van der Waals surface area contributed by atoms with Gasteiger partial charge in [-0.05, 0) is 24.0 Å². The summed E-state index contributed by atoms with van der Waals surface area (Å²) in [4.78, 5) is 0. The molecule has 1 rings (SSSR count). The topological polar surface area (TPSA) is 0 Å². The second kappa shape index (κ2) is 3.77. The number of halogens is 1. The van der Waals surface area contributed by atoms with E-state index in [1.165, 1.54) is 5.56 Å². The van der Waals surface area contributed by atoms with Crippen LogP contribution >= 0.6 is 11.6 Å². The van der Waals surface area contributed by atoms with Gasteiger partial charge >= 0.3 is 0 Å². The highest BCUT2D eigenvalue weighted by Gasteiger charge is 2.00. The van der Waals surface area contributed by atoms with Crippen LogP contribution in [0.25, 0.3) is 0 Å². The van der Waals surface area contributed by atoms with Crippen molar-refractivity contribution in [1.29, 1.82) is 0 Å². The van der Waals surface area contributed by atoms with Crippen LogP contribution < -0.4 is 0 Å². The van der Waals surface area contributed by atoms with Crippen LogP contribution in [0.15, 0.2) is 24.3 Å². The van der Waals surface area contributed by atoms with Gasteiger partial charge in [0.2, 0.25) is 0 Å². The van der Waals surface area contributed by atoms with Gasteiger partial charge in [-0.3, -0.25) is 0 Å². The van der Waals surface area contributed by atoms with Crippen molar-refractivity contribution < 1.29 is 0 Å². The molecule has 1 heteroatoms. The highest BCUT2D eigenvalue weighted by atomic mass is 35.5. The Kier molecular flexibility index (Phi) is 2.95. The molecule has 0 bridgehead atoms. The van der Waals surface area contributed by atoms with Gasteiger partial charge in [-0.15, -0.1) is 0 Å². The van der Waals surface area contributed by atoms with Crippen molar-refractivity contribution in [3.05, 3.63) is 41.8 Å². The van der Waals surface area contributed by atoms with Gasteiger partial charge in [0.15, 0.2) is 0 Å². The molecule has 0 aromatic heterocycles. The molecule has 0 saturated heterocycles. The minimum absolute atomic E-state index is 0.426. The smallest absolute Gasteiger partial charge is 0.0438 e. The quantitative estimate of drug-likeness (QED) is 0.634. The Labute approximate surface area is 73.2 Å². The average molecular weight is 168 g/mol. The lowest BCUT2D eigenvalue weighted by molar-refractivity contribution is 0.719. The van der Waals surface area contributed by atoms with E-state index in [0.717, 1.165) is 11.4 Å². The molecule has 0 spiro atoms. The molecular weight excluding hydrogens is 156 g/mol. The lowest BCUT2D eigenvalue weighted by atomic mass is 10.0. The predicted octanol–water partition coefficient (Wildman–Crippen LogP) is 3.35. The fourth-order valence-electron chi connectivity index (χ4n) is 1.04. The molecule has 0 heterocycles. The molecule has 0 aliphatic rings. The van der Waals surface area contributed by atoms with Crippen LogP contribution in [0.4, 0.5) is 0 Å². The largest absolute Gasteiger partial charge is 0.0840 e. The van der Waals surface area contributed by atoms with E-state index < -0.39 is 0 Å². The highest BCUT2D eigenvalue weighted by molar-refractivity contribution is 6.31. The molecule has 0 nitrogen and oxygen atoms in total. The molecular formula is C10H12Cl. The van der Waals surface area contributed by atoms with Gasteiger partial charge in [0.1, 0.15) is 0 Å². The Bertz CT molecular complexity index is 228. The van der Waals surface area contributed by atoms with E-state index in [1.807, 2.05) is 24.3 Å². The summed E-state index contributed by atoms with van der Waals surface area (Å²) in [5.74, 6) is 0.426. The van der Waals surface area contributed by atoms with Gasteiger partial charge in [0, 0.05) is 5.02 Å². The molecule has 0 aliphatic heterocycles. The van der Waals surface area contributed by atoms with Crippen molar-refractivity contribution in [2.75, 3.05) is 0 Å². The van der Waals surface area contributed by atoms with Crippen molar-refractivity contribution in [3.8, 4) is 0 Å². The van der Waals surface area contributed by atoms with Gasteiger partial charge in [-0.2, -0.15) is 0 Å². The van der Waals surface area contributed by atoms with Gasteiger partial charge in [-0.25, -0.2) is 0 Å². The molecule has 59 valence electrons. The van der Waals surface area contributed by atoms with E-state index in [4.69, 9.17) is 11.6 Å². The molecule has 0 saturated carbocycles. The maximum atomic E-state index is 5.94. The molecule has 1 atom stereocenters. The summed E-state index contributed by atoms with van der Waals surface area (Å²) in [5, 5.41) is 0.850. The number of rotatable bonds is 2. The van der Waals surface area contributed by atoms with Crippen molar-refractivity contribution in [1.82, 2.24) is 0 Å². The fraction of sp³-hybridized carbons (Fsp3) is 0.300. The number of benzene rings is 1. The number of hydrogen-bond donors (Lipinski definition) is 0. The molecule has 0 N–H and O–H groups in total. The van der Waals surface area contributed by atoms with Crippen LogP contribution in [0, 0.1) is 12.8 Å². The van der Waals surface area contributed by atoms with Gasteiger partial charge < -0.3 is 0 Å². The second-order valence-corrected chi connectivity index (χ2v) is 3.31. The normalized spacial score (nSPS) is 10.5. The first kappa shape index (κ1) is 8.61. The van der Waals surface area contributed by atoms with Crippen LogP contribution in [-0.2, 0) is 6.42 Å². The van der Waals surface area contributed by atoms with Crippen molar-refractivity contribution in [3.63, 3.8) is 0 Å². The summed E-state index contributed by atoms with van der Waals surface area (Å²) in [6, 6.07) is 7.91. The van der Waals surface area contributed by atoms with E-state index in [2.05, 4.69) is 13.8 Å². The summed E-state index contributed by atoms with van der Waals surface area (Å²) in [6.07, 6.45) is 0.958. The lowest BCUT2D eigenvalue weighted by Crippen LogP contribution is -1.94. The molecule has 1 aromatic rings. The Morgan fingerprint density at radius 1 is 1.45 bits per heavy atom. The summed E-state index contributed by atoms with van der Waals surface area (Å²) in [7, 11) is 0. The minimum atomic E-state index is 0.426. The molecule has 0 aliphatic carbocycles. The maximum absolute atomic E-state index is 5.94. The Morgan fingerprint density at radius 3 is 2.64 bits per heavy atom. The Hall–Kier alpha value is -0.490. The summed E-state index contributed by atoms with van der Waals surface area (Å²) in [6.45, 7) is 6.00. The van der Waals surface area contributed by atoms with Gasteiger partial charge in [0.25, 0.3) is 0 Å². The highest BCUT2D eigenvalue weighted by Crippen LogP contribution is 2.17. The van der Waals surface area contributed by atoms with Crippen LogP contribution in [0.3, 0.4) is 0 Å². The lowest BCUT2D eigenvalue weighted by Gasteiger charge is -2.05. The molecule has 1 unspecified atom stereocenters. The zero-order valence-corrected chi connectivity index (χ0v) is 7.43. The molecule has 0 fully saturated rings. The fourth-order valence-corrected chi connectivity index (χ4v) is 1.25. The predicted molar refractivity (Wildman–Crippen MR) is 49.7 cm³/mol. The number of hydrogen-bond acceptors (Lipinski definition) is 0. The molecule has 1 radical (unpaired) electrons. The summed E-state index contributed by atoms with van der Waals surface area (Å²) in [5.41, 5.74) is 1.19. The standard InChI is InChI=1S/C10H12Cl/c1-8(2)7-9-5-3-4-6-10(9)11/h3-6,8H,1,7H2,2H3. The Balaban J connectivity index is 2.78.